The fourth-order valence-electron chi connectivity index (χ4n) is 1.67. The summed E-state index contributed by atoms with van der Waals surface area (Å²) in [5.74, 6) is -0.935. The number of unbranched alkanes of at least 4 members (excludes halogenated alkanes) is 1. The van der Waals surface area contributed by atoms with Gasteiger partial charge in [0.15, 0.2) is 0 Å². The maximum Gasteiger partial charge on any atom is 0.303 e. The molecule has 1 aliphatic carbocycles. The van der Waals surface area contributed by atoms with E-state index in [1.54, 1.807) is 0 Å². The third-order valence-electron chi connectivity index (χ3n) is 2.94. The van der Waals surface area contributed by atoms with E-state index >= 15 is 0 Å². The van der Waals surface area contributed by atoms with Crippen LogP contribution >= 0.6 is 0 Å². The Labute approximate surface area is 94.8 Å². The first kappa shape index (κ1) is 13.0. The standard InChI is InChI=1S/C11H19NO4/c13-9(4-1-2-5-10(14)15)12-8-11(16)6-3-7-11/h16H,1-8H2,(H,12,13)(H,14,15). The monoisotopic (exact) mass is 229 g/mol. The van der Waals surface area contributed by atoms with Crippen molar-refractivity contribution in [2.24, 2.45) is 0 Å². The molecule has 0 aromatic heterocycles. The van der Waals surface area contributed by atoms with E-state index < -0.39 is 11.6 Å². The lowest BCUT2D eigenvalue weighted by Gasteiger charge is -2.36. The Morgan fingerprint density at radius 2 is 1.81 bits per heavy atom. The number of hydrogen-bond donors (Lipinski definition) is 3. The highest BCUT2D eigenvalue weighted by Crippen LogP contribution is 2.30. The summed E-state index contributed by atoms with van der Waals surface area (Å²) in [7, 11) is 0. The first-order valence-electron chi connectivity index (χ1n) is 5.73. The van der Waals surface area contributed by atoms with Crippen molar-refractivity contribution < 1.29 is 19.8 Å². The normalized spacial score (nSPS) is 17.6. The molecule has 0 aromatic carbocycles. The minimum absolute atomic E-state index is 0.106. The molecule has 5 heteroatoms. The molecule has 92 valence electrons. The molecular weight excluding hydrogens is 210 g/mol. The lowest BCUT2D eigenvalue weighted by atomic mass is 9.80. The second-order valence-electron chi connectivity index (χ2n) is 4.46. The molecule has 0 aromatic rings. The van der Waals surface area contributed by atoms with Gasteiger partial charge in [-0.15, -0.1) is 0 Å². The lowest BCUT2D eigenvalue weighted by Crippen LogP contribution is -2.47. The van der Waals surface area contributed by atoms with Gasteiger partial charge in [-0.3, -0.25) is 9.59 Å². The maximum absolute atomic E-state index is 11.3. The van der Waals surface area contributed by atoms with Crippen molar-refractivity contribution in [3.8, 4) is 0 Å². The number of carbonyl (C=O) groups is 2. The summed E-state index contributed by atoms with van der Waals surface area (Å²) in [5.41, 5.74) is -0.684. The summed E-state index contributed by atoms with van der Waals surface area (Å²) in [6.07, 6.45) is 4.08. The largest absolute Gasteiger partial charge is 0.481 e. The van der Waals surface area contributed by atoms with Gasteiger partial charge in [0.25, 0.3) is 0 Å². The van der Waals surface area contributed by atoms with Crippen molar-refractivity contribution >= 4 is 11.9 Å². The summed E-state index contributed by atoms with van der Waals surface area (Å²) in [6, 6.07) is 0. The molecule has 0 bridgehead atoms. The van der Waals surface area contributed by atoms with E-state index in [1.807, 2.05) is 0 Å². The van der Waals surface area contributed by atoms with Crippen LogP contribution < -0.4 is 5.32 Å². The fourth-order valence-corrected chi connectivity index (χ4v) is 1.67. The van der Waals surface area contributed by atoms with Crippen LogP contribution in [-0.2, 0) is 9.59 Å². The fraction of sp³-hybridized carbons (Fsp3) is 0.818. The Bertz CT molecular complexity index is 261. The zero-order valence-electron chi connectivity index (χ0n) is 9.37. The molecule has 0 aliphatic heterocycles. The smallest absolute Gasteiger partial charge is 0.303 e. The number of carboxylic acid groups (broad SMARTS) is 1. The molecule has 3 N–H and O–H groups in total. The second kappa shape index (κ2) is 5.84. The van der Waals surface area contributed by atoms with Crippen LogP contribution in [0.15, 0.2) is 0 Å². The molecular formula is C11H19NO4. The van der Waals surface area contributed by atoms with Gasteiger partial charge in [0.1, 0.15) is 0 Å². The van der Waals surface area contributed by atoms with Gasteiger partial charge in [-0.1, -0.05) is 0 Å². The maximum atomic E-state index is 11.3. The van der Waals surface area contributed by atoms with E-state index in [4.69, 9.17) is 5.11 Å². The number of carbonyl (C=O) groups excluding carboxylic acids is 1. The van der Waals surface area contributed by atoms with Crippen molar-refractivity contribution in [1.29, 1.82) is 0 Å². The van der Waals surface area contributed by atoms with Gasteiger partial charge >= 0.3 is 5.97 Å². The molecule has 5 nitrogen and oxygen atoms in total. The highest BCUT2D eigenvalue weighted by molar-refractivity contribution is 5.76. The topological polar surface area (TPSA) is 86.6 Å². The van der Waals surface area contributed by atoms with Gasteiger partial charge in [-0.05, 0) is 32.1 Å². The quantitative estimate of drug-likeness (QED) is 0.560. The molecule has 1 amide bonds. The number of amides is 1. The minimum Gasteiger partial charge on any atom is -0.481 e. The van der Waals surface area contributed by atoms with Crippen molar-refractivity contribution in [1.82, 2.24) is 5.32 Å². The molecule has 0 heterocycles. The highest BCUT2D eigenvalue weighted by atomic mass is 16.4. The average Bonchev–Trinajstić information content (AvgIpc) is 2.18. The Balaban J connectivity index is 2.00. The van der Waals surface area contributed by atoms with Crippen molar-refractivity contribution in [3.63, 3.8) is 0 Å². The van der Waals surface area contributed by atoms with E-state index in [-0.39, 0.29) is 12.3 Å². The predicted molar refractivity (Wildman–Crippen MR) is 57.9 cm³/mol. The second-order valence-corrected chi connectivity index (χ2v) is 4.46. The molecule has 1 aliphatic rings. The molecule has 0 radical (unpaired) electrons. The number of aliphatic carboxylic acids is 1. The van der Waals surface area contributed by atoms with Crippen LogP contribution in [0.4, 0.5) is 0 Å². The predicted octanol–water partition coefficient (Wildman–Crippen LogP) is 0.663. The van der Waals surface area contributed by atoms with E-state index in [0.29, 0.717) is 25.8 Å². The third-order valence-corrected chi connectivity index (χ3v) is 2.94. The molecule has 1 rings (SSSR count). The summed E-state index contributed by atoms with van der Waals surface area (Å²) >= 11 is 0. The number of rotatable bonds is 7. The zero-order valence-corrected chi connectivity index (χ0v) is 9.37. The van der Waals surface area contributed by atoms with Crippen molar-refractivity contribution in [2.45, 2.75) is 50.5 Å². The molecule has 1 fully saturated rings. The molecule has 0 saturated heterocycles. The summed E-state index contributed by atoms with van der Waals surface area (Å²) in [4.78, 5) is 21.5. The SMILES string of the molecule is O=C(O)CCCCC(=O)NCC1(O)CCC1. The Hall–Kier alpha value is -1.10. The van der Waals surface area contributed by atoms with Crippen LogP contribution in [-0.4, -0.2) is 34.2 Å². The van der Waals surface area contributed by atoms with Crippen LogP contribution in [0.2, 0.25) is 0 Å². The zero-order chi connectivity index (χ0) is 12.0. The summed E-state index contributed by atoms with van der Waals surface area (Å²) in [6.45, 7) is 0.324. The summed E-state index contributed by atoms with van der Waals surface area (Å²) in [5, 5.41) is 20.8. The van der Waals surface area contributed by atoms with Crippen LogP contribution in [0.1, 0.15) is 44.9 Å². The molecule has 16 heavy (non-hydrogen) atoms. The Morgan fingerprint density at radius 1 is 1.19 bits per heavy atom. The van der Waals surface area contributed by atoms with Crippen LogP contribution in [0, 0.1) is 0 Å². The van der Waals surface area contributed by atoms with Gasteiger partial charge in [0, 0.05) is 19.4 Å². The molecule has 0 unspecified atom stereocenters. The summed E-state index contributed by atoms with van der Waals surface area (Å²) < 4.78 is 0. The van der Waals surface area contributed by atoms with Crippen LogP contribution in [0.5, 0.6) is 0 Å². The first-order chi connectivity index (χ1) is 7.52. The number of aliphatic hydroxyl groups is 1. The van der Waals surface area contributed by atoms with Gasteiger partial charge < -0.3 is 15.5 Å². The Morgan fingerprint density at radius 3 is 2.31 bits per heavy atom. The number of nitrogens with one attached hydrogen (secondary N) is 1. The highest BCUT2D eigenvalue weighted by Gasteiger charge is 2.34. The van der Waals surface area contributed by atoms with Gasteiger partial charge in [0.05, 0.1) is 5.60 Å². The van der Waals surface area contributed by atoms with Gasteiger partial charge in [-0.25, -0.2) is 0 Å². The van der Waals surface area contributed by atoms with Gasteiger partial charge in [0.2, 0.25) is 5.91 Å². The Kier molecular flexibility index (Phi) is 4.73. The molecule has 0 atom stereocenters. The molecule has 0 spiro atoms. The molecule has 1 saturated carbocycles. The van der Waals surface area contributed by atoms with Crippen LogP contribution in [0.3, 0.4) is 0 Å². The van der Waals surface area contributed by atoms with Gasteiger partial charge in [-0.2, -0.15) is 0 Å². The number of carboxylic acids is 1. The lowest BCUT2D eigenvalue weighted by molar-refractivity contribution is -0.137. The van der Waals surface area contributed by atoms with Crippen LogP contribution in [0.25, 0.3) is 0 Å². The first-order valence-corrected chi connectivity index (χ1v) is 5.73. The third kappa shape index (κ3) is 4.61. The van der Waals surface area contributed by atoms with E-state index in [2.05, 4.69) is 5.32 Å². The van der Waals surface area contributed by atoms with Crippen molar-refractivity contribution in [3.05, 3.63) is 0 Å². The van der Waals surface area contributed by atoms with Crippen molar-refractivity contribution in [2.75, 3.05) is 6.54 Å². The average molecular weight is 229 g/mol. The van der Waals surface area contributed by atoms with E-state index in [0.717, 1.165) is 19.3 Å². The van der Waals surface area contributed by atoms with E-state index in [1.165, 1.54) is 0 Å². The number of hydrogen-bond acceptors (Lipinski definition) is 3. The minimum atomic E-state index is -0.829. The van der Waals surface area contributed by atoms with E-state index in [9.17, 15) is 14.7 Å².